The fraction of sp³-hybridized carbons (Fsp3) is 0.692. The van der Waals surface area contributed by atoms with Gasteiger partial charge in [0.15, 0.2) is 0 Å². The van der Waals surface area contributed by atoms with Crippen molar-refractivity contribution in [1.82, 2.24) is 0 Å². The fourth-order valence-corrected chi connectivity index (χ4v) is 2.63. The van der Waals surface area contributed by atoms with Crippen LogP contribution in [-0.2, 0) is 6.42 Å². The maximum atomic E-state index is 10.5. The van der Waals surface area contributed by atoms with Gasteiger partial charge in [-0.15, -0.1) is 0 Å². The van der Waals surface area contributed by atoms with Crippen LogP contribution < -0.4 is 0 Å². The van der Waals surface area contributed by atoms with Crippen LogP contribution in [0.15, 0.2) is 22.8 Å². The summed E-state index contributed by atoms with van der Waals surface area (Å²) in [5, 5.41) is 10.5. The normalized spacial score (nSPS) is 22.5. The number of furan rings is 1. The third kappa shape index (κ3) is 2.63. The molecule has 1 N–H and O–H groups in total. The number of hydrogen-bond donors (Lipinski definition) is 1. The van der Waals surface area contributed by atoms with E-state index in [4.69, 9.17) is 4.42 Å². The van der Waals surface area contributed by atoms with Gasteiger partial charge < -0.3 is 9.52 Å². The highest BCUT2D eigenvalue weighted by Crippen LogP contribution is 2.34. The molecule has 1 heterocycles. The molecule has 1 unspecified atom stereocenters. The zero-order valence-electron chi connectivity index (χ0n) is 9.41. The summed E-state index contributed by atoms with van der Waals surface area (Å²) < 4.78 is 5.30. The highest BCUT2D eigenvalue weighted by molar-refractivity contribution is 5.03. The SMILES string of the molecule is CC(O)(Cc1ccco1)C1CCCCC1. The minimum absolute atomic E-state index is 0.441. The smallest absolute Gasteiger partial charge is 0.106 e. The quantitative estimate of drug-likeness (QED) is 0.827. The predicted octanol–water partition coefficient (Wildman–Crippen LogP) is 3.15. The summed E-state index contributed by atoms with van der Waals surface area (Å²) in [6, 6.07) is 3.82. The predicted molar refractivity (Wildman–Crippen MR) is 59.6 cm³/mol. The van der Waals surface area contributed by atoms with Crippen LogP contribution in [0.5, 0.6) is 0 Å². The molecule has 0 saturated heterocycles. The molecule has 1 saturated carbocycles. The molecule has 1 aromatic heterocycles. The molecule has 0 amide bonds. The zero-order chi connectivity index (χ0) is 10.7. The fourth-order valence-electron chi connectivity index (χ4n) is 2.63. The van der Waals surface area contributed by atoms with Crippen molar-refractivity contribution < 1.29 is 9.52 Å². The van der Waals surface area contributed by atoms with Gasteiger partial charge in [-0.1, -0.05) is 19.3 Å². The second kappa shape index (κ2) is 4.40. The Morgan fingerprint density at radius 2 is 2.13 bits per heavy atom. The Morgan fingerprint density at radius 1 is 1.40 bits per heavy atom. The Hall–Kier alpha value is -0.760. The molecule has 1 aromatic rings. The Balaban J connectivity index is 1.98. The Labute approximate surface area is 91.3 Å². The third-order valence-corrected chi connectivity index (χ3v) is 3.60. The summed E-state index contributed by atoms with van der Waals surface area (Å²) in [6.07, 6.45) is 8.49. The molecular weight excluding hydrogens is 188 g/mol. The van der Waals surface area contributed by atoms with Crippen molar-refractivity contribution >= 4 is 0 Å². The van der Waals surface area contributed by atoms with Crippen LogP contribution in [0, 0.1) is 5.92 Å². The van der Waals surface area contributed by atoms with Gasteiger partial charge in [0, 0.05) is 6.42 Å². The van der Waals surface area contributed by atoms with E-state index in [2.05, 4.69) is 0 Å². The van der Waals surface area contributed by atoms with Gasteiger partial charge in [-0.2, -0.15) is 0 Å². The molecule has 0 aliphatic heterocycles. The molecule has 1 aliphatic carbocycles. The highest BCUT2D eigenvalue weighted by atomic mass is 16.3. The van der Waals surface area contributed by atoms with Gasteiger partial charge >= 0.3 is 0 Å². The Morgan fingerprint density at radius 3 is 2.73 bits per heavy atom. The van der Waals surface area contributed by atoms with Crippen molar-refractivity contribution in [3.05, 3.63) is 24.2 Å². The number of hydrogen-bond acceptors (Lipinski definition) is 2. The lowest BCUT2D eigenvalue weighted by atomic mass is 9.76. The maximum Gasteiger partial charge on any atom is 0.106 e. The van der Waals surface area contributed by atoms with Crippen LogP contribution in [0.2, 0.25) is 0 Å². The van der Waals surface area contributed by atoms with Crippen molar-refractivity contribution in [1.29, 1.82) is 0 Å². The molecule has 84 valence electrons. The molecule has 1 atom stereocenters. The van der Waals surface area contributed by atoms with Crippen molar-refractivity contribution in [2.24, 2.45) is 5.92 Å². The average molecular weight is 208 g/mol. The van der Waals surface area contributed by atoms with Crippen LogP contribution in [0.3, 0.4) is 0 Å². The van der Waals surface area contributed by atoms with Crippen LogP contribution in [0.1, 0.15) is 44.8 Å². The topological polar surface area (TPSA) is 33.4 Å². The standard InChI is InChI=1S/C13H20O2/c1-13(14,10-12-8-5-9-15-12)11-6-3-2-4-7-11/h5,8-9,11,14H,2-4,6-7,10H2,1H3. The van der Waals surface area contributed by atoms with E-state index >= 15 is 0 Å². The molecule has 2 rings (SSSR count). The van der Waals surface area contributed by atoms with Crippen LogP contribution in [-0.4, -0.2) is 10.7 Å². The lowest BCUT2D eigenvalue weighted by molar-refractivity contribution is -0.0196. The minimum Gasteiger partial charge on any atom is -0.469 e. The second-order valence-electron chi connectivity index (χ2n) is 4.95. The van der Waals surface area contributed by atoms with E-state index in [1.165, 1.54) is 19.3 Å². The summed E-state index contributed by atoms with van der Waals surface area (Å²) in [5.41, 5.74) is -0.599. The van der Waals surface area contributed by atoms with Crippen LogP contribution >= 0.6 is 0 Å². The minimum atomic E-state index is -0.599. The van der Waals surface area contributed by atoms with E-state index in [1.54, 1.807) is 6.26 Å². The lowest BCUT2D eigenvalue weighted by Crippen LogP contribution is -2.37. The van der Waals surface area contributed by atoms with Crippen molar-refractivity contribution in [2.75, 3.05) is 0 Å². The molecule has 1 fully saturated rings. The first-order valence-corrected chi connectivity index (χ1v) is 5.93. The average Bonchev–Trinajstić information content (AvgIpc) is 2.71. The van der Waals surface area contributed by atoms with Crippen LogP contribution in [0.25, 0.3) is 0 Å². The van der Waals surface area contributed by atoms with Crippen LogP contribution in [0.4, 0.5) is 0 Å². The summed E-state index contributed by atoms with van der Waals surface area (Å²) >= 11 is 0. The van der Waals surface area contributed by atoms with E-state index in [1.807, 2.05) is 19.1 Å². The van der Waals surface area contributed by atoms with Gasteiger partial charge in [0.25, 0.3) is 0 Å². The highest BCUT2D eigenvalue weighted by Gasteiger charge is 2.33. The Bertz CT molecular complexity index is 281. The van der Waals surface area contributed by atoms with Crippen molar-refractivity contribution in [3.8, 4) is 0 Å². The van der Waals surface area contributed by atoms with E-state index in [-0.39, 0.29) is 0 Å². The van der Waals surface area contributed by atoms with Crippen molar-refractivity contribution in [2.45, 2.75) is 51.0 Å². The summed E-state index contributed by atoms with van der Waals surface area (Å²) in [4.78, 5) is 0. The second-order valence-corrected chi connectivity index (χ2v) is 4.95. The summed E-state index contributed by atoms with van der Waals surface area (Å²) in [6.45, 7) is 1.95. The lowest BCUT2D eigenvalue weighted by Gasteiger charge is -2.35. The monoisotopic (exact) mass is 208 g/mol. The maximum absolute atomic E-state index is 10.5. The first-order valence-electron chi connectivity index (χ1n) is 5.93. The number of aliphatic hydroxyl groups is 1. The number of rotatable bonds is 3. The van der Waals surface area contributed by atoms with E-state index in [0.717, 1.165) is 18.6 Å². The summed E-state index contributed by atoms with van der Waals surface area (Å²) in [7, 11) is 0. The molecule has 0 aromatic carbocycles. The first-order chi connectivity index (χ1) is 7.18. The van der Waals surface area contributed by atoms with E-state index in [0.29, 0.717) is 12.3 Å². The third-order valence-electron chi connectivity index (χ3n) is 3.60. The van der Waals surface area contributed by atoms with Crippen molar-refractivity contribution in [3.63, 3.8) is 0 Å². The summed E-state index contributed by atoms with van der Waals surface area (Å²) in [5.74, 6) is 1.34. The zero-order valence-corrected chi connectivity index (χ0v) is 9.41. The van der Waals surface area contributed by atoms with Gasteiger partial charge in [0.1, 0.15) is 5.76 Å². The molecular formula is C13H20O2. The molecule has 0 spiro atoms. The Kier molecular flexibility index (Phi) is 3.15. The molecule has 15 heavy (non-hydrogen) atoms. The van der Waals surface area contributed by atoms with E-state index in [9.17, 15) is 5.11 Å². The van der Waals surface area contributed by atoms with Gasteiger partial charge in [-0.25, -0.2) is 0 Å². The molecule has 2 nitrogen and oxygen atoms in total. The van der Waals surface area contributed by atoms with Gasteiger partial charge in [0.2, 0.25) is 0 Å². The largest absolute Gasteiger partial charge is 0.469 e. The first kappa shape index (κ1) is 10.7. The van der Waals surface area contributed by atoms with Gasteiger partial charge in [0.05, 0.1) is 11.9 Å². The molecule has 2 heteroatoms. The molecule has 0 radical (unpaired) electrons. The van der Waals surface area contributed by atoms with Gasteiger partial charge in [-0.05, 0) is 37.8 Å². The molecule has 1 aliphatic rings. The van der Waals surface area contributed by atoms with E-state index < -0.39 is 5.60 Å². The van der Waals surface area contributed by atoms with Gasteiger partial charge in [-0.3, -0.25) is 0 Å². The molecule has 0 bridgehead atoms.